The zero-order valence-electron chi connectivity index (χ0n) is 16.3. The molecule has 1 aromatic carbocycles. The minimum Gasteiger partial charge on any atom is -0.467 e. The van der Waals surface area contributed by atoms with Crippen molar-refractivity contribution in [3.05, 3.63) is 74.2 Å². The fourth-order valence-electron chi connectivity index (χ4n) is 2.97. The molecule has 4 aromatic rings. The Balaban J connectivity index is 1.67. The van der Waals surface area contributed by atoms with E-state index in [0.29, 0.717) is 38.4 Å². The molecule has 3 aromatic heterocycles. The zero-order chi connectivity index (χ0) is 21.3. The second-order valence-corrected chi connectivity index (χ2v) is 9.20. The van der Waals surface area contributed by atoms with Crippen molar-refractivity contribution < 1.29 is 9.21 Å². The van der Waals surface area contributed by atoms with Crippen molar-refractivity contribution in [2.45, 2.75) is 25.5 Å². The van der Waals surface area contributed by atoms with Crippen molar-refractivity contribution in [1.82, 2.24) is 14.9 Å². The number of hydrogen-bond donors (Lipinski definition) is 1. The average molecular weight is 460 g/mol. The van der Waals surface area contributed by atoms with Crippen molar-refractivity contribution in [3.63, 3.8) is 0 Å². The molecule has 4 rings (SSSR count). The lowest BCUT2D eigenvalue weighted by Gasteiger charge is -2.12. The van der Waals surface area contributed by atoms with Gasteiger partial charge in [0.05, 0.1) is 29.6 Å². The molecule has 6 nitrogen and oxygen atoms in total. The fourth-order valence-corrected chi connectivity index (χ4v) is 5.01. The number of fused-ring (bicyclic) bond motifs is 1. The van der Waals surface area contributed by atoms with Crippen molar-refractivity contribution in [3.8, 4) is 5.69 Å². The van der Waals surface area contributed by atoms with Crippen molar-refractivity contribution in [1.29, 1.82) is 0 Å². The average Bonchev–Trinajstić information content (AvgIpc) is 3.34. The molecule has 1 amide bonds. The van der Waals surface area contributed by atoms with Gasteiger partial charge in [-0.3, -0.25) is 14.2 Å². The maximum Gasteiger partial charge on any atom is 0.267 e. The molecule has 1 N–H and O–H groups in total. The van der Waals surface area contributed by atoms with E-state index in [9.17, 15) is 9.59 Å². The summed E-state index contributed by atoms with van der Waals surface area (Å²) in [6.45, 7) is 4.22. The molecule has 9 heteroatoms. The smallest absolute Gasteiger partial charge is 0.267 e. The minimum absolute atomic E-state index is 0.121. The molecule has 3 heterocycles. The van der Waals surface area contributed by atoms with E-state index >= 15 is 0 Å². The van der Waals surface area contributed by atoms with E-state index in [4.69, 9.17) is 21.0 Å². The van der Waals surface area contributed by atoms with Crippen LogP contribution in [0, 0.1) is 13.8 Å². The molecule has 0 saturated heterocycles. The van der Waals surface area contributed by atoms with Gasteiger partial charge in [-0.25, -0.2) is 4.98 Å². The number of benzene rings is 1. The Bertz CT molecular complexity index is 1260. The number of halogens is 1. The second-order valence-electron chi connectivity index (χ2n) is 6.62. The summed E-state index contributed by atoms with van der Waals surface area (Å²) < 4.78 is 6.77. The number of aromatic nitrogens is 2. The van der Waals surface area contributed by atoms with Crippen molar-refractivity contribution >= 4 is 50.8 Å². The number of aryl methyl sites for hydroxylation is 2. The highest BCUT2D eigenvalue weighted by Crippen LogP contribution is 2.29. The van der Waals surface area contributed by atoms with Gasteiger partial charge >= 0.3 is 0 Å². The summed E-state index contributed by atoms with van der Waals surface area (Å²) >= 11 is 8.72. The number of nitrogens with one attached hydrogen (secondary N) is 1. The summed E-state index contributed by atoms with van der Waals surface area (Å²) in [5.74, 6) is 0.623. The first-order valence-corrected chi connectivity index (χ1v) is 11.3. The molecular weight excluding hydrogens is 442 g/mol. The maximum absolute atomic E-state index is 13.4. The highest BCUT2D eigenvalue weighted by atomic mass is 35.5. The Hall–Kier alpha value is -2.55. The molecule has 0 saturated carbocycles. The van der Waals surface area contributed by atoms with E-state index in [1.165, 1.54) is 23.1 Å². The molecule has 0 fully saturated rings. The molecule has 0 radical (unpaired) electrons. The molecule has 0 atom stereocenters. The van der Waals surface area contributed by atoms with Gasteiger partial charge in [0.25, 0.3) is 5.56 Å². The van der Waals surface area contributed by atoms with Crippen LogP contribution in [0.4, 0.5) is 0 Å². The molecular formula is C21H18ClN3O3S2. The highest BCUT2D eigenvalue weighted by molar-refractivity contribution is 7.99. The number of amides is 1. The first-order valence-electron chi connectivity index (χ1n) is 9.14. The number of thiophene rings is 1. The second kappa shape index (κ2) is 8.67. The molecule has 0 aliphatic heterocycles. The Morgan fingerprint density at radius 1 is 1.27 bits per heavy atom. The van der Waals surface area contributed by atoms with Gasteiger partial charge in [-0.05, 0) is 55.8 Å². The lowest BCUT2D eigenvalue weighted by Crippen LogP contribution is -2.26. The van der Waals surface area contributed by atoms with E-state index in [2.05, 4.69) is 5.32 Å². The normalized spacial score (nSPS) is 11.2. The quantitative estimate of drug-likeness (QED) is 0.333. The third-order valence-corrected chi connectivity index (χ3v) is 6.92. The van der Waals surface area contributed by atoms with E-state index in [-0.39, 0.29) is 17.2 Å². The summed E-state index contributed by atoms with van der Waals surface area (Å²) in [5.41, 5.74) is 1.44. The maximum atomic E-state index is 13.4. The Kier molecular flexibility index (Phi) is 5.99. The van der Waals surface area contributed by atoms with Gasteiger partial charge in [0, 0.05) is 9.90 Å². The van der Waals surface area contributed by atoms with Gasteiger partial charge in [0.15, 0.2) is 5.16 Å². The van der Waals surface area contributed by atoms with Crippen LogP contribution >= 0.6 is 34.7 Å². The van der Waals surface area contributed by atoms with Crippen LogP contribution in [0.15, 0.2) is 57.0 Å². The largest absolute Gasteiger partial charge is 0.467 e. The molecule has 154 valence electrons. The Morgan fingerprint density at radius 3 is 2.73 bits per heavy atom. The van der Waals surface area contributed by atoms with Crippen molar-refractivity contribution in [2.75, 3.05) is 5.75 Å². The zero-order valence-corrected chi connectivity index (χ0v) is 18.7. The number of thioether (sulfide) groups is 1. The van der Waals surface area contributed by atoms with Crippen LogP contribution in [0.2, 0.25) is 5.02 Å². The van der Waals surface area contributed by atoms with Gasteiger partial charge in [0.1, 0.15) is 10.6 Å². The molecule has 0 spiro atoms. The number of rotatable bonds is 6. The van der Waals surface area contributed by atoms with Crippen molar-refractivity contribution in [2.24, 2.45) is 0 Å². The summed E-state index contributed by atoms with van der Waals surface area (Å²) in [5, 5.41) is 4.45. The lowest BCUT2D eigenvalue weighted by molar-refractivity contribution is -0.118. The molecule has 30 heavy (non-hydrogen) atoms. The number of carbonyl (C=O) groups excluding carboxylic acids is 1. The molecule has 0 unspecified atom stereocenters. The summed E-state index contributed by atoms with van der Waals surface area (Å²) in [6.07, 6.45) is 1.56. The van der Waals surface area contributed by atoms with Gasteiger partial charge in [0.2, 0.25) is 5.91 Å². The van der Waals surface area contributed by atoms with E-state index in [1.54, 1.807) is 47.2 Å². The third-order valence-electron chi connectivity index (χ3n) is 4.63. The van der Waals surface area contributed by atoms with Crippen LogP contribution in [-0.4, -0.2) is 21.2 Å². The predicted octanol–water partition coefficient (Wildman–Crippen LogP) is 4.72. The van der Waals surface area contributed by atoms with Gasteiger partial charge in [-0.15, -0.1) is 11.3 Å². The number of hydrogen-bond acceptors (Lipinski definition) is 6. The number of nitrogens with zero attached hydrogens (tertiary/aromatic N) is 2. The number of carbonyl (C=O) groups is 1. The minimum atomic E-state index is -0.174. The monoisotopic (exact) mass is 459 g/mol. The highest BCUT2D eigenvalue weighted by Gasteiger charge is 2.19. The summed E-state index contributed by atoms with van der Waals surface area (Å²) in [7, 11) is 0. The van der Waals surface area contributed by atoms with Crippen LogP contribution in [0.5, 0.6) is 0 Å². The summed E-state index contributed by atoms with van der Waals surface area (Å²) in [6, 6.07) is 10.6. The van der Waals surface area contributed by atoms with Crippen LogP contribution in [0.25, 0.3) is 15.9 Å². The topological polar surface area (TPSA) is 77.1 Å². The lowest BCUT2D eigenvalue weighted by atomic mass is 10.2. The summed E-state index contributed by atoms with van der Waals surface area (Å²) in [4.78, 5) is 32.1. The van der Waals surface area contributed by atoms with E-state index in [0.717, 1.165) is 10.4 Å². The van der Waals surface area contributed by atoms with Crippen LogP contribution in [-0.2, 0) is 11.3 Å². The third kappa shape index (κ3) is 4.16. The van der Waals surface area contributed by atoms with Crippen LogP contribution in [0.3, 0.4) is 0 Å². The first kappa shape index (κ1) is 20.7. The van der Waals surface area contributed by atoms with Crippen LogP contribution < -0.4 is 10.9 Å². The first-order chi connectivity index (χ1) is 14.4. The van der Waals surface area contributed by atoms with Crippen LogP contribution in [0.1, 0.15) is 16.2 Å². The molecule has 0 aliphatic rings. The Labute approximate surface area is 185 Å². The van der Waals surface area contributed by atoms with E-state index < -0.39 is 0 Å². The van der Waals surface area contributed by atoms with Gasteiger partial charge < -0.3 is 9.73 Å². The van der Waals surface area contributed by atoms with Gasteiger partial charge in [-0.2, -0.15) is 0 Å². The Morgan fingerprint density at radius 2 is 2.03 bits per heavy atom. The SMILES string of the molecule is Cc1sc2nc(SCC(=O)NCc3ccco3)n(-c3ccc(Cl)cc3)c(=O)c2c1C. The number of furan rings is 1. The fraction of sp³-hybridized carbons (Fsp3) is 0.190. The van der Waals surface area contributed by atoms with Gasteiger partial charge in [-0.1, -0.05) is 23.4 Å². The molecule has 0 aliphatic carbocycles. The van der Waals surface area contributed by atoms with E-state index in [1.807, 2.05) is 13.8 Å². The standard InChI is InChI=1S/C21H18ClN3O3S2/c1-12-13(2)30-19-18(12)20(27)25(15-7-5-14(22)6-8-15)21(24-19)29-11-17(26)23-10-16-4-3-9-28-16/h3-9H,10-11H2,1-2H3,(H,23,26). The predicted molar refractivity (Wildman–Crippen MR) is 121 cm³/mol. The molecule has 0 bridgehead atoms.